The summed E-state index contributed by atoms with van der Waals surface area (Å²) in [5.41, 5.74) is 2.96. The molecule has 0 atom stereocenters. The lowest BCUT2D eigenvalue weighted by molar-refractivity contribution is -0.125. The zero-order chi connectivity index (χ0) is 19.6. The minimum atomic E-state index is -0.136. The molecule has 0 radical (unpaired) electrons. The molecule has 0 heterocycles. The van der Waals surface area contributed by atoms with Crippen molar-refractivity contribution in [3.05, 3.63) is 102 Å². The van der Waals surface area contributed by atoms with Crippen LogP contribution in [-0.2, 0) is 22.6 Å². The maximum Gasteiger partial charge on any atom is 0.246 e. The fourth-order valence-electron chi connectivity index (χ4n) is 2.96. The van der Waals surface area contributed by atoms with Crippen LogP contribution in [0.2, 0.25) is 0 Å². The third kappa shape index (κ3) is 5.81. The number of rotatable bonds is 8. The number of benzene rings is 3. The molecule has 28 heavy (non-hydrogen) atoms. The van der Waals surface area contributed by atoms with Gasteiger partial charge in [0.15, 0.2) is 0 Å². The quantitative estimate of drug-likeness (QED) is 0.650. The standard InChI is InChI=1S/C24H24N2O2/c27-23(17-16-20-10-4-1-5-11-20)25-18-24(28)26(22-14-8-3-9-15-22)19-21-12-6-2-7-13-21/h1-15H,16-19H2,(H,25,27). The minimum Gasteiger partial charge on any atom is -0.347 e. The highest BCUT2D eigenvalue weighted by Gasteiger charge is 2.17. The number of para-hydroxylation sites is 1. The molecule has 0 bridgehead atoms. The highest BCUT2D eigenvalue weighted by molar-refractivity contribution is 5.96. The van der Waals surface area contributed by atoms with Crippen LogP contribution in [0.4, 0.5) is 5.69 Å². The van der Waals surface area contributed by atoms with Crippen molar-refractivity contribution in [2.24, 2.45) is 0 Å². The average Bonchev–Trinajstić information content (AvgIpc) is 2.76. The van der Waals surface area contributed by atoms with Gasteiger partial charge in [-0.25, -0.2) is 0 Å². The average molecular weight is 372 g/mol. The van der Waals surface area contributed by atoms with Crippen LogP contribution in [0, 0.1) is 0 Å². The van der Waals surface area contributed by atoms with Crippen molar-refractivity contribution in [2.75, 3.05) is 11.4 Å². The largest absolute Gasteiger partial charge is 0.347 e. The normalized spacial score (nSPS) is 10.3. The lowest BCUT2D eigenvalue weighted by Crippen LogP contribution is -2.40. The van der Waals surface area contributed by atoms with E-state index in [1.165, 1.54) is 0 Å². The molecule has 3 rings (SSSR count). The van der Waals surface area contributed by atoms with Crippen LogP contribution in [-0.4, -0.2) is 18.4 Å². The van der Waals surface area contributed by atoms with Gasteiger partial charge in [0.1, 0.15) is 0 Å². The highest BCUT2D eigenvalue weighted by atomic mass is 16.2. The summed E-state index contributed by atoms with van der Waals surface area (Å²) in [7, 11) is 0. The molecule has 3 aromatic carbocycles. The molecule has 4 nitrogen and oxygen atoms in total. The highest BCUT2D eigenvalue weighted by Crippen LogP contribution is 2.17. The molecule has 0 aromatic heterocycles. The number of aryl methyl sites for hydroxylation is 1. The van der Waals surface area contributed by atoms with Crippen molar-refractivity contribution >= 4 is 17.5 Å². The molecule has 4 heteroatoms. The zero-order valence-electron chi connectivity index (χ0n) is 15.8. The maximum atomic E-state index is 12.8. The van der Waals surface area contributed by atoms with E-state index < -0.39 is 0 Å². The van der Waals surface area contributed by atoms with Gasteiger partial charge in [-0.05, 0) is 29.7 Å². The Morgan fingerprint density at radius 1 is 0.714 bits per heavy atom. The summed E-state index contributed by atoms with van der Waals surface area (Å²) >= 11 is 0. The number of nitrogens with zero attached hydrogens (tertiary/aromatic N) is 1. The van der Waals surface area contributed by atoms with Gasteiger partial charge in [-0.3, -0.25) is 9.59 Å². The molecule has 0 saturated carbocycles. The predicted octanol–water partition coefficient (Wildman–Crippen LogP) is 3.97. The Labute approximate surface area is 165 Å². The summed E-state index contributed by atoms with van der Waals surface area (Å²) < 4.78 is 0. The number of carbonyl (C=O) groups is 2. The fraction of sp³-hybridized carbons (Fsp3) is 0.167. The van der Waals surface area contributed by atoms with Crippen LogP contribution in [0.15, 0.2) is 91.0 Å². The van der Waals surface area contributed by atoms with Crippen LogP contribution >= 0.6 is 0 Å². The summed E-state index contributed by atoms with van der Waals surface area (Å²) in [6.45, 7) is 0.443. The molecule has 0 aliphatic heterocycles. The molecular formula is C24H24N2O2. The van der Waals surface area contributed by atoms with Crippen LogP contribution in [0.3, 0.4) is 0 Å². The van der Waals surface area contributed by atoms with Gasteiger partial charge in [0, 0.05) is 12.1 Å². The third-order valence-corrected chi connectivity index (χ3v) is 4.47. The summed E-state index contributed by atoms with van der Waals surface area (Å²) in [6, 6.07) is 29.2. The molecule has 0 aliphatic carbocycles. The molecule has 0 aliphatic rings. The van der Waals surface area contributed by atoms with E-state index >= 15 is 0 Å². The van der Waals surface area contributed by atoms with E-state index in [0.717, 1.165) is 16.8 Å². The van der Waals surface area contributed by atoms with E-state index in [1.54, 1.807) is 4.90 Å². The lowest BCUT2D eigenvalue weighted by atomic mass is 10.1. The molecule has 1 N–H and O–H groups in total. The van der Waals surface area contributed by atoms with E-state index in [0.29, 0.717) is 19.4 Å². The molecule has 0 saturated heterocycles. The topological polar surface area (TPSA) is 49.4 Å². The molecule has 0 unspecified atom stereocenters. The first-order valence-corrected chi connectivity index (χ1v) is 9.42. The molecule has 142 valence electrons. The first-order valence-electron chi connectivity index (χ1n) is 9.42. The Kier molecular flexibility index (Phi) is 6.96. The van der Waals surface area contributed by atoms with Crippen molar-refractivity contribution in [2.45, 2.75) is 19.4 Å². The number of carbonyl (C=O) groups excluding carboxylic acids is 2. The second-order valence-electron chi connectivity index (χ2n) is 6.56. The number of hydrogen-bond acceptors (Lipinski definition) is 2. The van der Waals surface area contributed by atoms with Gasteiger partial charge < -0.3 is 10.2 Å². The summed E-state index contributed by atoms with van der Waals surface area (Å²) in [5.74, 6) is -0.256. The number of hydrogen-bond donors (Lipinski definition) is 1. The number of amides is 2. The van der Waals surface area contributed by atoms with Crippen molar-refractivity contribution in [3.8, 4) is 0 Å². The zero-order valence-corrected chi connectivity index (χ0v) is 15.8. The Balaban J connectivity index is 1.58. The number of nitrogens with one attached hydrogen (secondary N) is 1. The second-order valence-corrected chi connectivity index (χ2v) is 6.56. The fourth-order valence-corrected chi connectivity index (χ4v) is 2.96. The van der Waals surface area contributed by atoms with Crippen LogP contribution in [0.1, 0.15) is 17.5 Å². The van der Waals surface area contributed by atoms with Gasteiger partial charge in [-0.15, -0.1) is 0 Å². The van der Waals surface area contributed by atoms with Crippen LogP contribution in [0.25, 0.3) is 0 Å². The van der Waals surface area contributed by atoms with E-state index in [-0.39, 0.29) is 18.4 Å². The van der Waals surface area contributed by atoms with Crippen LogP contribution < -0.4 is 10.2 Å². The summed E-state index contributed by atoms with van der Waals surface area (Å²) in [5, 5.41) is 2.76. The van der Waals surface area contributed by atoms with E-state index in [9.17, 15) is 9.59 Å². The van der Waals surface area contributed by atoms with E-state index in [4.69, 9.17) is 0 Å². The van der Waals surface area contributed by atoms with Crippen molar-refractivity contribution < 1.29 is 9.59 Å². The first-order chi connectivity index (χ1) is 13.7. The van der Waals surface area contributed by atoms with Gasteiger partial charge in [0.2, 0.25) is 11.8 Å². The van der Waals surface area contributed by atoms with E-state index in [2.05, 4.69) is 5.32 Å². The van der Waals surface area contributed by atoms with Crippen molar-refractivity contribution in [1.82, 2.24) is 5.32 Å². The van der Waals surface area contributed by atoms with Gasteiger partial charge in [0.05, 0.1) is 13.1 Å². The van der Waals surface area contributed by atoms with Crippen molar-refractivity contribution in [1.29, 1.82) is 0 Å². The monoisotopic (exact) mass is 372 g/mol. The predicted molar refractivity (Wildman–Crippen MR) is 112 cm³/mol. The Morgan fingerprint density at radius 2 is 1.25 bits per heavy atom. The Bertz CT molecular complexity index is 880. The maximum absolute atomic E-state index is 12.8. The van der Waals surface area contributed by atoms with Gasteiger partial charge in [-0.1, -0.05) is 78.9 Å². The molecule has 0 fully saturated rings. The van der Waals surface area contributed by atoms with Gasteiger partial charge >= 0.3 is 0 Å². The first kappa shape index (κ1) is 19.4. The summed E-state index contributed by atoms with van der Waals surface area (Å²) in [6.07, 6.45) is 1.02. The Morgan fingerprint density at radius 3 is 1.86 bits per heavy atom. The smallest absolute Gasteiger partial charge is 0.246 e. The molecule has 3 aromatic rings. The van der Waals surface area contributed by atoms with Gasteiger partial charge in [-0.2, -0.15) is 0 Å². The minimum absolute atomic E-state index is 0.0185. The van der Waals surface area contributed by atoms with E-state index in [1.807, 2.05) is 91.0 Å². The number of anilines is 1. The van der Waals surface area contributed by atoms with Crippen molar-refractivity contribution in [3.63, 3.8) is 0 Å². The molecular weight excluding hydrogens is 348 g/mol. The SMILES string of the molecule is O=C(CCc1ccccc1)NCC(=O)N(Cc1ccccc1)c1ccccc1. The summed E-state index contributed by atoms with van der Waals surface area (Å²) in [4.78, 5) is 26.7. The molecule has 0 spiro atoms. The van der Waals surface area contributed by atoms with Crippen LogP contribution in [0.5, 0.6) is 0 Å². The van der Waals surface area contributed by atoms with Gasteiger partial charge in [0.25, 0.3) is 0 Å². The second kappa shape index (κ2) is 10.1. The Hall–Kier alpha value is -3.40. The third-order valence-electron chi connectivity index (χ3n) is 4.47. The lowest BCUT2D eigenvalue weighted by Gasteiger charge is -2.23. The molecule has 2 amide bonds.